The minimum atomic E-state index is -1.37. The summed E-state index contributed by atoms with van der Waals surface area (Å²) in [5, 5.41) is 9.70. The molecule has 0 fully saturated rings. The molecule has 0 saturated carbocycles. The Balaban J connectivity index is 4.59. The van der Waals surface area contributed by atoms with Crippen molar-refractivity contribution in [2.75, 3.05) is 34.0 Å². The minimum Gasteiger partial charge on any atom is -0.383 e. The first-order valence-electron chi connectivity index (χ1n) is 5.36. The molecule has 0 aromatic carbocycles. The van der Waals surface area contributed by atoms with Gasteiger partial charge in [-0.05, 0) is 20.8 Å². The lowest BCUT2D eigenvalue weighted by molar-refractivity contribution is -0.151. The van der Waals surface area contributed by atoms with E-state index in [2.05, 4.69) is 0 Å². The van der Waals surface area contributed by atoms with Crippen LogP contribution in [0.5, 0.6) is 0 Å². The Hall–Kier alpha value is -0.650. The van der Waals surface area contributed by atoms with Crippen LogP contribution in [0.25, 0.3) is 0 Å². The molecule has 0 aliphatic carbocycles. The summed E-state index contributed by atoms with van der Waals surface area (Å²) >= 11 is 0. The zero-order valence-corrected chi connectivity index (χ0v) is 10.8. The molecular formula is C11H23NO4. The number of hydrogen-bond acceptors (Lipinski definition) is 4. The van der Waals surface area contributed by atoms with Crippen molar-refractivity contribution in [3.05, 3.63) is 0 Å². The van der Waals surface area contributed by atoms with Crippen molar-refractivity contribution in [2.45, 2.75) is 32.4 Å². The lowest BCUT2D eigenvalue weighted by Crippen LogP contribution is -2.51. The Morgan fingerprint density at radius 1 is 1.38 bits per heavy atom. The molecule has 1 N–H and O–H groups in total. The summed E-state index contributed by atoms with van der Waals surface area (Å²) < 4.78 is 9.96. The van der Waals surface area contributed by atoms with Crippen molar-refractivity contribution in [3.63, 3.8) is 0 Å². The first-order chi connectivity index (χ1) is 7.34. The van der Waals surface area contributed by atoms with Gasteiger partial charge in [0.2, 0.25) is 0 Å². The van der Waals surface area contributed by atoms with Crippen molar-refractivity contribution >= 4 is 5.91 Å². The van der Waals surface area contributed by atoms with Crippen LogP contribution in [0.2, 0.25) is 0 Å². The summed E-state index contributed by atoms with van der Waals surface area (Å²) in [6.07, 6.45) is 0. The van der Waals surface area contributed by atoms with Gasteiger partial charge in [0, 0.05) is 20.8 Å². The SMILES string of the molecule is COCCN(C(=O)C(C)(C)O)C(C)COC. The highest BCUT2D eigenvalue weighted by molar-refractivity contribution is 5.84. The third-order valence-electron chi connectivity index (χ3n) is 2.26. The second-order valence-electron chi connectivity index (χ2n) is 4.35. The Labute approximate surface area is 97.3 Å². The van der Waals surface area contributed by atoms with E-state index in [4.69, 9.17) is 9.47 Å². The quantitative estimate of drug-likeness (QED) is 0.685. The van der Waals surface area contributed by atoms with Gasteiger partial charge >= 0.3 is 0 Å². The normalized spacial score (nSPS) is 13.6. The van der Waals surface area contributed by atoms with Crippen LogP contribution in [-0.4, -0.2) is 61.5 Å². The monoisotopic (exact) mass is 233 g/mol. The van der Waals surface area contributed by atoms with Crippen LogP contribution >= 0.6 is 0 Å². The fourth-order valence-electron chi connectivity index (χ4n) is 1.39. The first-order valence-corrected chi connectivity index (χ1v) is 5.36. The molecule has 0 bridgehead atoms. The Bertz CT molecular complexity index is 213. The third kappa shape index (κ3) is 4.92. The second-order valence-corrected chi connectivity index (χ2v) is 4.35. The molecule has 0 rings (SSSR count). The number of methoxy groups -OCH3 is 2. The number of carbonyl (C=O) groups is 1. The van der Waals surface area contributed by atoms with E-state index in [1.54, 1.807) is 19.1 Å². The number of rotatable bonds is 7. The summed E-state index contributed by atoms with van der Waals surface area (Å²) in [6, 6.07) is -0.0842. The highest BCUT2D eigenvalue weighted by Gasteiger charge is 2.31. The maximum absolute atomic E-state index is 12.0. The van der Waals surface area contributed by atoms with Gasteiger partial charge in [0.05, 0.1) is 19.3 Å². The molecule has 1 unspecified atom stereocenters. The van der Waals surface area contributed by atoms with Crippen LogP contribution in [-0.2, 0) is 14.3 Å². The smallest absolute Gasteiger partial charge is 0.254 e. The summed E-state index contributed by atoms with van der Waals surface area (Å²) in [5.74, 6) is -0.311. The first kappa shape index (κ1) is 15.3. The molecule has 0 spiro atoms. The molecule has 1 atom stereocenters. The van der Waals surface area contributed by atoms with Crippen molar-refractivity contribution in [3.8, 4) is 0 Å². The highest BCUT2D eigenvalue weighted by atomic mass is 16.5. The molecule has 5 heteroatoms. The van der Waals surface area contributed by atoms with Crippen LogP contribution in [0.1, 0.15) is 20.8 Å². The zero-order valence-electron chi connectivity index (χ0n) is 10.8. The highest BCUT2D eigenvalue weighted by Crippen LogP contribution is 2.11. The van der Waals surface area contributed by atoms with E-state index < -0.39 is 5.60 Å². The molecule has 5 nitrogen and oxygen atoms in total. The molecule has 96 valence electrons. The van der Waals surface area contributed by atoms with Crippen molar-refractivity contribution in [2.24, 2.45) is 0 Å². The third-order valence-corrected chi connectivity index (χ3v) is 2.26. The molecule has 0 aromatic heterocycles. The predicted octanol–water partition coefficient (Wildman–Crippen LogP) is 0.267. The molecule has 0 radical (unpaired) electrons. The average Bonchev–Trinajstić information content (AvgIpc) is 2.17. The minimum absolute atomic E-state index is 0.0842. The molecule has 0 saturated heterocycles. The largest absolute Gasteiger partial charge is 0.383 e. The van der Waals surface area contributed by atoms with Crippen LogP contribution in [0.3, 0.4) is 0 Å². The van der Waals surface area contributed by atoms with Gasteiger partial charge in [-0.3, -0.25) is 4.79 Å². The summed E-state index contributed by atoms with van der Waals surface area (Å²) in [7, 11) is 3.16. The Morgan fingerprint density at radius 3 is 2.31 bits per heavy atom. The van der Waals surface area contributed by atoms with Crippen LogP contribution in [0.15, 0.2) is 0 Å². The van der Waals surface area contributed by atoms with E-state index in [1.807, 2.05) is 6.92 Å². The van der Waals surface area contributed by atoms with E-state index in [1.165, 1.54) is 13.8 Å². The second kappa shape index (κ2) is 6.83. The average molecular weight is 233 g/mol. The maximum atomic E-state index is 12.0. The number of nitrogens with zero attached hydrogens (tertiary/aromatic N) is 1. The molecule has 0 heterocycles. The van der Waals surface area contributed by atoms with Gasteiger partial charge in [-0.25, -0.2) is 0 Å². The van der Waals surface area contributed by atoms with Crippen LogP contribution in [0.4, 0.5) is 0 Å². The van der Waals surface area contributed by atoms with Crippen LogP contribution < -0.4 is 0 Å². The van der Waals surface area contributed by atoms with Crippen molar-refractivity contribution in [1.82, 2.24) is 4.90 Å². The Kier molecular flexibility index (Phi) is 6.55. The van der Waals surface area contributed by atoms with E-state index >= 15 is 0 Å². The van der Waals surface area contributed by atoms with E-state index in [0.717, 1.165) is 0 Å². The maximum Gasteiger partial charge on any atom is 0.254 e. The molecule has 16 heavy (non-hydrogen) atoms. The molecule has 0 aromatic rings. The number of ether oxygens (including phenoxy) is 2. The van der Waals surface area contributed by atoms with E-state index in [-0.39, 0.29) is 11.9 Å². The molecule has 1 amide bonds. The van der Waals surface area contributed by atoms with Gasteiger partial charge in [-0.1, -0.05) is 0 Å². The lowest BCUT2D eigenvalue weighted by Gasteiger charge is -2.33. The van der Waals surface area contributed by atoms with Gasteiger partial charge in [-0.2, -0.15) is 0 Å². The van der Waals surface area contributed by atoms with Gasteiger partial charge < -0.3 is 19.5 Å². The number of carbonyl (C=O) groups excluding carboxylic acids is 1. The van der Waals surface area contributed by atoms with E-state index in [9.17, 15) is 9.90 Å². The van der Waals surface area contributed by atoms with Crippen LogP contribution in [0, 0.1) is 0 Å². The van der Waals surface area contributed by atoms with Gasteiger partial charge in [0.1, 0.15) is 5.60 Å². The fourth-order valence-corrected chi connectivity index (χ4v) is 1.39. The number of hydrogen-bond donors (Lipinski definition) is 1. The van der Waals surface area contributed by atoms with Crippen molar-refractivity contribution < 1.29 is 19.4 Å². The van der Waals surface area contributed by atoms with Gasteiger partial charge in [0.25, 0.3) is 5.91 Å². The standard InChI is InChI=1S/C11H23NO4/c1-9(8-16-5)12(6-7-15-4)10(13)11(2,3)14/h9,14H,6-8H2,1-5H3. The summed E-state index contributed by atoms with van der Waals surface area (Å²) in [6.45, 7) is 6.16. The molecule has 0 aliphatic rings. The topological polar surface area (TPSA) is 59.0 Å². The van der Waals surface area contributed by atoms with Gasteiger partial charge in [0.15, 0.2) is 0 Å². The number of amides is 1. The Morgan fingerprint density at radius 2 is 1.94 bits per heavy atom. The lowest BCUT2D eigenvalue weighted by atomic mass is 10.1. The summed E-state index contributed by atoms with van der Waals surface area (Å²) in [5.41, 5.74) is -1.37. The summed E-state index contributed by atoms with van der Waals surface area (Å²) in [4.78, 5) is 13.5. The van der Waals surface area contributed by atoms with Crippen molar-refractivity contribution in [1.29, 1.82) is 0 Å². The number of aliphatic hydroxyl groups is 1. The van der Waals surface area contributed by atoms with E-state index in [0.29, 0.717) is 19.8 Å². The molecule has 0 aliphatic heterocycles. The fraction of sp³-hybridized carbons (Fsp3) is 0.909. The predicted molar refractivity (Wildman–Crippen MR) is 61.2 cm³/mol. The van der Waals surface area contributed by atoms with Gasteiger partial charge in [-0.15, -0.1) is 0 Å². The molecular weight excluding hydrogens is 210 g/mol. The zero-order chi connectivity index (χ0) is 12.8.